The third kappa shape index (κ3) is 4.21. The van der Waals surface area contributed by atoms with Crippen molar-refractivity contribution in [2.75, 3.05) is 31.2 Å². The Morgan fingerprint density at radius 2 is 1.84 bits per heavy atom. The molecule has 2 aromatic rings. The summed E-state index contributed by atoms with van der Waals surface area (Å²) in [5.74, 6) is -0.215. The number of thioether (sulfide) groups is 1. The van der Waals surface area contributed by atoms with Gasteiger partial charge in [-0.25, -0.2) is 0 Å². The van der Waals surface area contributed by atoms with Crippen LogP contribution in [0.2, 0.25) is 0 Å². The fraction of sp³-hybridized carbons (Fsp3) is 0.391. The molecule has 1 aromatic carbocycles. The van der Waals surface area contributed by atoms with Gasteiger partial charge in [0.05, 0.1) is 23.8 Å². The molecule has 2 aliphatic rings. The van der Waals surface area contributed by atoms with Crippen molar-refractivity contribution in [2.24, 2.45) is 0 Å². The van der Waals surface area contributed by atoms with Crippen molar-refractivity contribution >= 4 is 50.6 Å². The summed E-state index contributed by atoms with van der Waals surface area (Å²) in [5, 5.41) is -0.206. The molecule has 0 radical (unpaired) electrons. The second-order valence-corrected chi connectivity index (χ2v) is 9.89. The zero-order chi connectivity index (χ0) is 22.3. The van der Waals surface area contributed by atoms with Gasteiger partial charge >= 0.3 is 0 Å². The van der Waals surface area contributed by atoms with Gasteiger partial charge < -0.3 is 14.2 Å². The lowest BCUT2D eigenvalue weighted by Crippen LogP contribution is -2.36. The van der Waals surface area contributed by atoms with E-state index in [4.69, 9.17) is 4.74 Å². The highest BCUT2D eigenvalue weighted by Gasteiger charge is 2.36. The van der Waals surface area contributed by atoms with E-state index in [0.29, 0.717) is 4.91 Å². The third-order valence-corrected chi connectivity index (χ3v) is 7.16. The van der Waals surface area contributed by atoms with Crippen LogP contribution in [-0.4, -0.2) is 53.0 Å². The monoisotopic (exact) mass is 503 g/mol. The number of morpholine rings is 1. The number of carbonyl (C=O) groups is 2. The van der Waals surface area contributed by atoms with Crippen molar-refractivity contribution in [1.82, 2.24) is 9.47 Å². The van der Waals surface area contributed by atoms with Crippen molar-refractivity contribution in [3.8, 4) is 5.69 Å². The summed E-state index contributed by atoms with van der Waals surface area (Å²) in [4.78, 5) is 29.0. The van der Waals surface area contributed by atoms with Gasteiger partial charge in [0.25, 0.3) is 11.1 Å². The first-order chi connectivity index (χ1) is 14.8. The molecule has 0 unspecified atom stereocenters. The maximum atomic E-state index is 12.7. The molecule has 6 nitrogen and oxygen atoms in total. The molecule has 0 atom stereocenters. The summed E-state index contributed by atoms with van der Waals surface area (Å²) in [6.45, 7) is 11.0. The predicted molar refractivity (Wildman–Crippen MR) is 129 cm³/mol. The molecule has 164 valence electrons. The number of carbonyl (C=O) groups excluding carboxylic acids is 2. The summed E-state index contributed by atoms with van der Waals surface area (Å²) < 4.78 is 8.67. The smallest absolute Gasteiger partial charge is 0.293 e. The molecule has 0 bridgehead atoms. The van der Waals surface area contributed by atoms with Gasteiger partial charge in [0.2, 0.25) is 0 Å². The summed E-state index contributed by atoms with van der Waals surface area (Å²) in [6, 6.07) is 8.29. The van der Waals surface area contributed by atoms with E-state index in [2.05, 4.69) is 49.7 Å². The van der Waals surface area contributed by atoms with E-state index in [1.54, 1.807) is 0 Å². The second kappa shape index (κ2) is 8.84. The van der Waals surface area contributed by atoms with Crippen LogP contribution in [0.25, 0.3) is 11.8 Å². The first-order valence-corrected chi connectivity index (χ1v) is 12.0. The number of rotatable bonds is 4. The number of nitrogens with zero attached hydrogens (tertiary/aromatic N) is 3. The molecule has 0 spiro atoms. The Morgan fingerprint density at radius 3 is 2.45 bits per heavy atom. The molecule has 1 aromatic heterocycles. The SMILES string of the molecule is Cc1cc(/C=C2\SC(=O)N(C(C)C)C2=O)c(C)n1-c1ccc(N2CCOCC2)c(Br)c1. The maximum absolute atomic E-state index is 12.7. The lowest BCUT2D eigenvalue weighted by atomic mass is 10.2. The van der Waals surface area contributed by atoms with E-state index in [-0.39, 0.29) is 17.2 Å². The highest BCUT2D eigenvalue weighted by molar-refractivity contribution is 9.10. The van der Waals surface area contributed by atoms with Gasteiger partial charge in [-0.05, 0) is 91.3 Å². The number of hydrogen-bond acceptors (Lipinski definition) is 5. The van der Waals surface area contributed by atoms with Crippen LogP contribution in [0.4, 0.5) is 10.5 Å². The molecule has 3 heterocycles. The number of ether oxygens (including phenoxy) is 1. The van der Waals surface area contributed by atoms with Crippen molar-refractivity contribution < 1.29 is 14.3 Å². The Balaban J connectivity index is 1.65. The van der Waals surface area contributed by atoms with Gasteiger partial charge in [0.1, 0.15) is 0 Å². The van der Waals surface area contributed by atoms with E-state index < -0.39 is 0 Å². The number of benzene rings is 1. The zero-order valence-electron chi connectivity index (χ0n) is 18.1. The van der Waals surface area contributed by atoms with E-state index >= 15 is 0 Å². The highest BCUT2D eigenvalue weighted by atomic mass is 79.9. The van der Waals surface area contributed by atoms with Crippen LogP contribution in [0.5, 0.6) is 0 Å². The molecule has 0 aliphatic carbocycles. The fourth-order valence-electron chi connectivity index (χ4n) is 4.09. The summed E-state index contributed by atoms with van der Waals surface area (Å²) in [5.41, 5.74) is 5.25. The average molecular weight is 504 g/mol. The first-order valence-electron chi connectivity index (χ1n) is 10.4. The van der Waals surface area contributed by atoms with E-state index in [9.17, 15) is 9.59 Å². The van der Waals surface area contributed by atoms with Crippen LogP contribution in [0, 0.1) is 13.8 Å². The predicted octanol–water partition coefficient (Wildman–Crippen LogP) is 5.14. The second-order valence-electron chi connectivity index (χ2n) is 8.04. The Labute approximate surface area is 195 Å². The Bertz CT molecular complexity index is 1070. The van der Waals surface area contributed by atoms with Gasteiger partial charge in [-0.1, -0.05) is 0 Å². The van der Waals surface area contributed by atoms with Gasteiger partial charge in [-0.2, -0.15) is 0 Å². The molecule has 2 saturated heterocycles. The third-order valence-electron chi connectivity index (χ3n) is 5.64. The zero-order valence-corrected chi connectivity index (χ0v) is 20.5. The summed E-state index contributed by atoms with van der Waals surface area (Å²) >= 11 is 4.75. The maximum Gasteiger partial charge on any atom is 0.293 e. The molecule has 4 rings (SSSR count). The largest absolute Gasteiger partial charge is 0.378 e. The molecule has 0 saturated carbocycles. The number of aryl methyl sites for hydroxylation is 1. The lowest BCUT2D eigenvalue weighted by Gasteiger charge is -2.30. The van der Waals surface area contributed by atoms with Crippen molar-refractivity contribution in [2.45, 2.75) is 33.7 Å². The van der Waals surface area contributed by atoms with Crippen LogP contribution in [0.1, 0.15) is 30.8 Å². The van der Waals surface area contributed by atoms with Crippen LogP contribution in [0.15, 0.2) is 33.6 Å². The topological polar surface area (TPSA) is 54.8 Å². The first kappa shape index (κ1) is 22.2. The number of halogens is 1. The normalized spacial score (nSPS) is 18.7. The number of imide groups is 1. The molecule has 8 heteroatoms. The lowest BCUT2D eigenvalue weighted by molar-refractivity contribution is -0.123. The van der Waals surface area contributed by atoms with Crippen molar-refractivity contribution in [3.05, 3.63) is 50.6 Å². The van der Waals surface area contributed by atoms with Crippen LogP contribution in [0.3, 0.4) is 0 Å². The van der Waals surface area contributed by atoms with Crippen molar-refractivity contribution in [3.63, 3.8) is 0 Å². The average Bonchev–Trinajstić information content (AvgIpc) is 3.16. The summed E-state index contributed by atoms with van der Waals surface area (Å²) in [7, 11) is 0. The van der Waals surface area contributed by atoms with Crippen molar-refractivity contribution in [1.29, 1.82) is 0 Å². The number of amides is 2. The molecular formula is C23H26BrN3O3S. The van der Waals surface area contributed by atoms with Gasteiger partial charge in [-0.3, -0.25) is 14.5 Å². The number of anilines is 1. The van der Waals surface area contributed by atoms with Crippen LogP contribution >= 0.6 is 27.7 Å². The quantitative estimate of drug-likeness (QED) is 0.540. The van der Waals surface area contributed by atoms with Gasteiger partial charge in [0.15, 0.2) is 0 Å². The van der Waals surface area contributed by atoms with Crippen LogP contribution in [-0.2, 0) is 9.53 Å². The molecule has 2 aliphatic heterocycles. The van der Waals surface area contributed by atoms with E-state index in [1.807, 2.05) is 33.8 Å². The van der Waals surface area contributed by atoms with E-state index in [0.717, 1.165) is 70.9 Å². The molecule has 2 amide bonds. The molecular weight excluding hydrogens is 478 g/mol. The highest BCUT2D eigenvalue weighted by Crippen LogP contribution is 2.35. The van der Waals surface area contributed by atoms with Crippen LogP contribution < -0.4 is 4.90 Å². The Morgan fingerprint density at radius 1 is 1.13 bits per heavy atom. The number of hydrogen-bond donors (Lipinski definition) is 0. The molecule has 0 N–H and O–H groups in total. The fourth-order valence-corrected chi connectivity index (χ4v) is 5.66. The minimum Gasteiger partial charge on any atom is -0.378 e. The minimum absolute atomic E-state index is 0.145. The Hall–Kier alpha value is -2.03. The number of aromatic nitrogens is 1. The van der Waals surface area contributed by atoms with E-state index in [1.165, 1.54) is 4.90 Å². The van der Waals surface area contributed by atoms with Gasteiger partial charge in [-0.15, -0.1) is 0 Å². The molecule has 31 heavy (non-hydrogen) atoms. The molecule has 2 fully saturated rings. The summed E-state index contributed by atoms with van der Waals surface area (Å²) in [6.07, 6.45) is 1.84. The standard InChI is InChI=1S/C23H26BrN3O3S/c1-14(2)26-22(28)21(31-23(26)29)12-17-11-15(3)27(16(17)4)18-5-6-20(19(24)13-18)25-7-9-30-10-8-25/h5-6,11-14H,7-10H2,1-4H3/b21-12-. The van der Waals surface area contributed by atoms with Gasteiger partial charge in [0, 0.05) is 40.7 Å². The Kier molecular flexibility index (Phi) is 6.32. The minimum atomic E-state index is -0.215.